The highest BCUT2D eigenvalue weighted by Gasteiger charge is 2.30. The van der Waals surface area contributed by atoms with E-state index in [0.717, 1.165) is 23.1 Å². The summed E-state index contributed by atoms with van der Waals surface area (Å²) in [5, 5.41) is 3.05. The van der Waals surface area contributed by atoms with E-state index in [9.17, 15) is 9.59 Å². The highest BCUT2D eigenvalue weighted by atomic mass is 16.2. The summed E-state index contributed by atoms with van der Waals surface area (Å²) in [6, 6.07) is 26.8. The number of aryl methyl sites for hydroxylation is 1. The lowest BCUT2D eigenvalue weighted by molar-refractivity contribution is -0.141. The highest BCUT2D eigenvalue weighted by Crippen LogP contribution is 2.25. The van der Waals surface area contributed by atoms with Gasteiger partial charge in [-0.05, 0) is 30.0 Å². The fraction of sp³-hybridized carbons (Fsp3) is 0.259. The van der Waals surface area contributed by atoms with Crippen LogP contribution in [-0.2, 0) is 22.7 Å². The average molecular weight is 415 g/mol. The number of hydrogen-bond acceptors (Lipinski definition) is 2. The average Bonchev–Trinajstić information content (AvgIpc) is 2.80. The van der Waals surface area contributed by atoms with Crippen molar-refractivity contribution < 1.29 is 9.59 Å². The Hall–Kier alpha value is -3.40. The molecule has 0 aliphatic heterocycles. The molecule has 4 nitrogen and oxygen atoms in total. The minimum atomic E-state index is -0.689. The Morgan fingerprint density at radius 1 is 0.839 bits per heavy atom. The second-order valence-electron chi connectivity index (χ2n) is 7.77. The predicted molar refractivity (Wildman–Crippen MR) is 124 cm³/mol. The molecule has 0 saturated carbocycles. The van der Waals surface area contributed by atoms with Gasteiger partial charge in [-0.25, -0.2) is 0 Å². The second kappa shape index (κ2) is 11.1. The Labute approximate surface area is 184 Å². The van der Waals surface area contributed by atoms with Crippen LogP contribution in [0.25, 0.3) is 0 Å². The van der Waals surface area contributed by atoms with Crippen LogP contribution in [0.3, 0.4) is 0 Å². The van der Waals surface area contributed by atoms with Gasteiger partial charge in [0.25, 0.3) is 0 Å². The van der Waals surface area contributed by atoms with Crippen molar-refractivity contribution in [3.8, 4) is 0 Å². The third-order valence-electron chi connectivity index (χ3n) is 5.24. The summed E-state index contributed by atoms with van der Waals surface area (Å²) in [4.78, 5) is 28.3. The van der Waals surface area contributed by atoms with Crippen molar-refractivity contribution >= 4 is 11.8 Å². The molecule has 1 atom stereocenters. The molecular weight excluding hydrogens is 384 g/mol. The van der Waals surface area contributed by atoms with Gasteiger partial charge in [-0.15, -0.1) is 0 Å². The zero-order chi connectivity index (χ0) is 22.1. The third-order valence-corrected chi connectivity index (χ3v) is 5.24. The van der Waals surface area contributed by atoms with Crippen molar-refractivity contribution in [2.75, 3.05) is 0 Å². The van der Waals surface area contributed by atoms with Gasteiger partial charge in [-0.1, -0.05) is 97.4 Å². The summed E-state index contributed by atoms with van der Waals surface area (Å²) in [6.07, 6.45) is 1.14. The van der Waals surface area contributed by atoms with Gasteiger partial charge >= 0.3 is 0 Å². The fourth-order valence-electron chi connectivity index (χ4n) is 3.56. The molecule has 0 radical (unpaired) electrons. The van der Waals surface area contributed by atoms with Crippen molar-refractivity contribution in [1.29, 1.82) is 0 Å². The van der Waals surface area contributed by atoms with Crippen molar-refractivity contribution in [1.82, 2.24) is 10.2 Å². The lowest BCUT2D eigenvalue weighted by Gasteiger charge is -2.31. The molecule has 4 heteroatoms. The zero-order valence-corrected chi connectivity index (χ0v) is 18.3. The first-order valence-corrected chi connectivity index (χ1v) is 10.8. The maximum atomic E-state index is 13.4. The first kappa shape index (κ1) is 22.3. The molecule has 2 amide bonds. The van der Waals surface area contributed by atoms with E-state index in [1.807, 2.05) is 98.8 Å². The van der Waals surface area contributed by atoms with Crippen LogP contribution in [0.4, 0.5) is 0 Å². The largest absolute Gasteiger partial charge is 0.350 e. The van der Waals surface area contributed by atoms with Crippen LogP contribution in [0.2, 0.25) is 0 Å². The van der Waals surface area contributed by atoms with E-state index in [2.05, 4.69) is 5.32 Å². The number of hydrogen-bond donors (Lipinski definition) is 1. The van der Waals surface area contributed by atoms with E-state index in [1.54, 1.807) is 4.90 Å². The number of nitrogens with one attached hydrogen (secondary N) is 1. The number of nitrogens with zero attached hydrogens (tertiary/aromatic N) is 1. The number of carbonyl (C=O) groups excluding carboxylic acids is 2. The Balaban J connectivity index is 1.89. The minimum absolute atomic E-state index is 0.0225. The van der Waals surface area contributed by atoms with Crippen molar-refractivity contribution in [3.63, 3.8) is 0 Å². The fourth-order valence-corrected chi connectivity index (χ4v) is 3.56. The molecule has 1 N–H and O–H groups in total. The SMILES string of the molecule is CCCC(=O)N(Cc1ccccc1)C(C(=O)NCc1ccc(C)cc1)c1ccccc1. The molecule has 3 aromatic rings. The second-order valence-corrected chi connectivity index (χ2v) is 7.77. The quantitative estimate of drug-likeness (QED) is 0.524. The molecule has 0 heterocycles. The molecule has 31 heavy (non-hydrogen) atoms. The molecule has 0 aromatic heterocycles. The van der Waals surface area contributed by atoms with Gasteiger partial charge in [0.1, 0.15) is 6.04 Å². The summed E-state index contributed by atoms with van der Waals surface area (Å²) < 4.78 is 0. The van der Waals surface area contributed by atoms with Crippen LogP contribution in [-0.4, -0.2) is 16.7 Å². The van der Waals surface area contributed by atoms with E-state index < -0.39 is 6.04 Å². The summed E-state index contributed by atoms with van der Waals surface area (Å²) >= 11 is 0. The Morgan fingerprint density at radius 2 is 1.45 bits per heavy atom. The summed E-state index contributed by atoms with van der Waals surface area (Å²) in [7, 11) is 0. The van der Waals surface area contributed by atoms with Gasteiger partial charge < -0.3 is 10.2 Å². The normalized spacial score (nSPS) is 11.5. The van der Waals surface area contributed by atoms with Gasteiger partial charge in [-0.2, -0.15) is 0 Å². The van der Waals surface area contributed by atoms with Gasteiger partial charge in [0, 0.05) is 19.5 Å². The number of carbonyl (C=O) groups is 2. The third kappa shape index (κ3) is 6.29. The molecule has 0 bridgehead atoms. The number of rotatable bonds is 9. The van der Waals surface area contributed by atoms with Crippen LogP contribution in [0.1, 0.15) is 48.1 Å². The Bertz CT molecular complexity index is 969. The van der Waals surface area contributed by atoms with Gasteiger partial charge in [0.2, 0.25) is 11.8 Å². The molecule has 3 rings (SSSR count). The Morgan fingerprint density at radius 3 is 2.06 bits per heavy atom. The summed E-state index contributed by atoms with van der Waals surface area (Å²) in [6.45, 7) is 4.82. The summed E-state index contributed by atoms with van der Waals surface area (Å²) in [5.41, 5.74) is 4.01. The van der Waals surface area contributed by atoms with E-state index in [-0.39, 0.29) is 11.8 Å². The number of benzene rings is 3. The van der Waals surface area contributed by atoms with Crippen LogP contribution in [0.15, 0.2) is 84.9 Å². The van der Waals surface area contributed by atoms with E-state index >= 15 is 0 Å². The molecule has 0 aliphatic rings. The lowest BCUT2D eigenvalue weighted by Crippen LogP contribution is -2.43. The molecule has 0 spiro atoms. The smallest absolute Gasteiger partial charge is 0.247 e. The van der Waals surface area contributed by atoms with Crippen LogP contribution >= 0.6 is 0 Å². The minimum Gasteiger partial charge on any atom is -0.350 e. The topological polar surface area (TPSA) is 49.4 Å². The molecule has 1 unspecified atom stereocenters. The van der Waals surface area contributed by atoms with Crippen LogP contribution in [0.5, 0.6) is 0 Å². The van der Waals surface area contributed by atoms with Crippen molar-refractivity contribution in [2.24, 2.45) is 0 Å². The van der Waals surface area contributed by atoms with Gasteiger partial charge in [0.15, 0.2) is 0 Å². The predicted octanol–water partition coefficient (Wildman–Crippen LogP) is 5.18. The molecule has 3 aromatic carbocycles. The monoisotopic (exact) mass is 414 g/mol. The molecule has 0 saturated heterocycles. The van der Waals surface area contributed by atoms with E-state index in [0.29, 0.717) is 19.5 Å². The van der Waals surface area contributed by atoms with Gasteiger partial charge in [0.05, 0.1) is 0 Å². The maximum Gasteiger partial charge on any atom is 0.247 e. The molecule has 160 valence electrons. The summed E-state index contributed by atoms with van der Waals surface area (Å²) in [5.74, 6) is -0.196. The van der Waals surface area contributed by atoms with Gasteiger partial charge in [-0.3, -0.25) is 9.59 Å². The van der Waals surface area contributed by atoms with Crippen molar-refractivity contribution in [3.05, 3.63) is 107 Å². The van der Waals surface area contributed by atoms with Crippen LogP contribution < -0.4 is 5.32 Å². The van der Waals surface area contributed by atoms with E-state index in [1.165, 1.54) is 5.56 Å². The van der Waals surface area contributed by atoms with Crippen molar-refractivity contribution in [2.45, 2.75) is 45.8 Å². The van der Waals surface area contributed by atoms with Crippen LogP contribution in [0, 0.1) is 6.92 Å². The molecule has 0 fully saturated rings. The lowest BCUT2D eigenvalue weighted by atomic mass is 10.0. The number of amides is 2. The molecule has 0 aliphatic carbocycles. The zero-order valence-electron chi connectivity index (χ0n) is 18.3. The standard InChI is InChI=1S/C27H30N2O2/c1-3-10-25(30)29(20-23-11-6-4-7-12-23)26(24-13-8-5-9-14-24)27(31)28-19-22-17-15-21(2)16-18-22/h4-9,11-18,26H,3,10,19-20H2,1-2H3,(H,28,31). The highest BCUT2D eigenvalue weighted by molar-refractivity contribution is 5.88. The first-order chi connectivity index (χ1) is 15.1. The first-order valence-electron chi connectivity index (χ1n) is 10.8. The van der Waals surface area contributed by atoms with E-state index in [4.69, 9.17) is 0 Å². The maximum absolute atomic E-state index is 13.4. The Kier molecular flexibility index (Phi) is 7.99. The molecular formula is C27H30N2O2.